The Morgan fingerprint density at radius 3 is 2.60 bits per heavy atom. The number of hydrogen-bond acceptors (Lipinski definition) is 3. The second-order valence-electron chi connectivity index (χ2n) is 6.86. The van der Waals surface area contributed by atoms with Crippen LogP contribution >= 0.6 is 0 Å². The predicted molar refractivity (Wildman–Crippen MR) is 102 cm³/mol. The maximum absolute atomic E-state index is 4.55. The van der Waals surface area contributed by atoms with Crippen molar-refractivity contribution in [2.45, 2.75) is 18.9 Å². The summed E-state index contributed by atoms with van der Waals surface area (Å²) in [6.07, 6.45) is 4.92. The van der Waals surface area contributed by atoms with Gasteiger partial charge in [-0.2, -0.15) is 0 Å². The lowest BCUT2D eigenvalue weighted by Crippen LogP contribution is -2.48. The molecule has 1 atom stereocenters. The van der Waals surface area contributed by atoms with Crippen molar-refractivity contribution in [2.24, 2.45) is 0 Å². The van der Waals surface area contributed by atoms with Gasteiger partial charge in [-0.05, 0) is 18.6 Å². The smallest absolute Gasteiger partial charge is 0.137 e. The number of rotatable bonds is 2. The van der Waals surface area contributed by atoms with Gasteiger partial charge in [0.1, 0.15) is 5.65 Å². The largest absolute Gasteiger partial charge is 0.362 e. The molecule has 1 aliphatic heterocycles. The van der Waals surface area contributed by atoms with E-state index in [1.54, 1.807) is 0 Å². The summed E-state index contributed by atoms with van der Waals surface area (Å²) in [6.45, 7) is 10.5. The van der Waals surface area contributed by atoms with Crippen LogP contribution < -0.4 is 5.32 Å². The van der Waals surface area contributed by atoms with Crippen LogP contribution in [0.5, 0.6) is 0 Å². The highest BCUT2D eigenvalue weighted by molar-refractivity contribution is 5.63. The number of nitrogens with one attached hydrogen (secondary N) is 1. The average molecular weight is 330 g/mol. The summed E-state index contributed by atoms with van der Waals surface area (Å²) in [5, 5.41) is 3.54. The third kappa shape index (κ3) is 2.50. The van der Waals surface area contributed by atoms with Crippen molar-refractivity contribution in [3.8, 4) is 11.3 Å². The lowest BCUT2D eigenvalue weighted by molar-refractivity contribution is 0.268. The van der Waals surface area contributed by atoms with E-state index in [1.807, 2.05) is 36.3 Å². The summed E-state index contributed by atoms with van der Waals surface area (Å²) in [5.74, 6) is 0.868. The summed E-state index contributed by atoms with van der Waals surface area (Å²) in [6, 6.07) is 14.5. The van der Waals surface area contributed by atoms with Crippen molar-refractivity contribution in [2.75, 3.05) is 7.05 Å². The second-order valence-corrected chi connectivity index (χ2v) is 6.86. The Hall–Kier alpha value is -3.01. The van der Waals surface area contributed by atoms with E-state index in [4.69, 9.17) is 0 Å². The summed E-state index contributed by atoms with van der Waals surface area (Å²) >= 11 is 0. The first-order valence-corrected chi connectivity index (χ1v) is 8.39. The standard InChI is InChI=1S/C21H22N4/c1-15-12-21(3,23-16(2)24(15)4)18-10-11-20-22-13-19(25(20)14-18)17-8-6-5-7-9-17/h5-11,13-14,23H,1-2,12H2,3-4H3/t21-/m0/s1. The minimum atomic E-state index is -0.243. The normalized spacial score (nSPS) is 20.8. The molecule has 126 valence electrons. The molecule has 1 aliphatic rings. The molecule has 0 spiro atoms. The van der Waals surface area contributed by atoms with Crippen LogP contribution in [-0.2, 0) is 5.54 Å². The van der Waals surface area contributed by atoms with E-state index in [0.717, 1.165) is 34.8 Å². The Kier molecular flexibility index (Phi) is 3.42. The van der Waals surface area contributed by atoms with Crippen molar-refractivity contribution < 1.29 is 0 Å². The molecule has 1 saturated heterocycles. The zero-order valence-corrected chi connectivity index (χ0v) is 14.7. The third-order valence-corrected chi connectivity index (χ3v) is 5.07. The minimum Gasteiger partial charge on any atom is -0.362 e. The zero-order chi connectivity index (χ0) is 17.6. The quantitative estimate of drug-likeness (QED) is 0.767. The van der Waals surface area contributed by atoms with Gasteiger partial charge in [-0.15, -0.1) is 0 Å². The van der Waals surface area contributed by atoms with Crippen molar-refractivity contribution in [1.82, 2.24) is 19.6 Å². The third-order valence-electron chi connectivity index (χ3n) is 5.07. The monoisotopic (exact) mass is 330 g/mol. The van der Waals surface area contributed by atoms with Gasteiger partial charge in [0.25, 0.3) is 0 Å². The molecule has 0 unspecified atom stereocenters. The maximum atomic E-state index is 4.55. The molecule has 4 nitrogen and oxygen atoms in total. The Morgan fingerprint density at radius 2 is 1.88 bits per heavy atom. The lowest BCUT2D eigenvalue weighted by atomic mass is 9.86. The molecular weight excluding hydrogens is 308 g/mol. The number of hydrogen-bond donors (Lipinski definition) is 1. The number of pyridine rings is 1. The predicted octanol–water partition coefficient (Wildman–Crippen LogP) is 4.13. The van der Waals surface area contributed by atoms with Gasteiger partial charge in [0.2, 0.25) is 0 Å². The molecule has 0 saturated carbocycles. The molecule has 4 heteroatoms. The summed E-state index contributed by atoms with van der Waals surface area (Å²) in [4.78, 5) is 6.55. The van der Waals surface area contributed by atoms with Gasteiger partial charge in [0.15, 0.2) is 0 Å². The molecule has 3 aromatic rings. The lowest BCUT2D eigenvalue weighted by Gasteiger charge is -2.43. The van der Waals surface area contributed by atoms with E-state index >= 15 is 0 Å². The molecule has 0 amide bonds. The Morgan fingerprint density at radius 1 is 1.12 bits per heavy atom. The van der Waals surface area contributed by atoms with Crippen LogP contribution in [0.2, 0.25) is 0 Å². The van der Waals surface area contributed by atoms with E-state index in [0.29, 0.717) is 0 Å². The van der Waals surface area contributed by atoms with Crippen molar-refractivity contribution in [3.05, 3.63) is 85.1 Å². The van der Waals surface area contributed by atoms with E-state index < -0.39 is 0 Å². The van der Waals surface area contributed by atoms with Crippen molar-refractivity contribution in [3.63, 3.8) is 0 Å². The van der Waals surface area contributed by atoms with Crippen molar-refractivity contribution >= 4 is 5.65 Å². The van der Waals surface area contributed by atoms with Crippen LogP contribution in [0.25, 0.3) is 16.9 Å². The molecule has 2 aromatic heterocycles. The molecule has 0 aliphatic carbocycles. The zero-order valence-electron chi connectivity index (χ0n) is 14.7. The number of aromatic nitrogens is 2. The Labute approximate surface area is 148 Å². The number of benzene rings is 1. The average Bonchev–Trinajstić information content (AvgIpc) is 3.03. The van der Waals surface area contributed by atoms with Gasteiger partial charge in [-0.1, -0.05) is 49.6 Å². The summed E-state index contributed by atoms with van der Waals surface area (Å²) < 4.78 is 2.15. The summed E-state index contributed by atoms with van der Waals surface area (Å²) in [7, 11) is 1.99. The van der Waals surface area contributed by atoms with Gasteiger partial charge in [0, 0.05) is 30.9 Å². The molecule has 0 radical (unpaired) electrons. The molecular formula is C21H22N4. The second kappa shape index (κ2) is 5.52. The van der Waals surface area contributed by atoms with Crippen LogP contribution in [-0.4, -0.2) is 21.3 Å². The van der Waals surface area contributed by atoms with E-state index in [-0.39, 0.29) is 5.54 Å². The SMILES string of the molecule is C=C1C[C@@](C)(c2ccc3ncc(-c4ccccc4)n3c2)NC(=C)N1C. The Bertz CT molecular complexity index is 950. The van der Waals surface area contributed by atoms with Crippen LogP contribution in [0.1, 0.15) is 18.9 Å². The molecule has 25 heavy (non-hydrogen) atoms. The fourth-order valence-electron chi connectivity index (χ4n) is 3.47. The van der Waals surface area contributed by atoms with Gasteiger partial charge in [0.05, 0.1) is 23.3 Å². The minimum absolute atomic E-state index is 0.243. The fraction of sp³-hybridized carbons (Fsp3) is 0.190. The van der Waals surface area contributed by atoms with Gasteiger partial charge in [-0.25, -0.2) is 4.98 Å². The van der Waals surface area contributed by atoms with Gasteiger partial charge < -0.3 is 10.2 Å². The molecule has 0 bridgehead atoms. The topological polar surface area (TPSA) is 32.6 Å². The molecule has 4 rings (SSSR count). The highest BCUT2D eigenvalue weighted by atomic mass is 15.3. The van der Waals surface area contributed by atoms with Crippen molar-refractivity contribution in [1.29, 1.82) is 0 Å². The first-order chi connectivity index (χ1) is 12.0. The maximum Gasteiger partial charge on any atom is 0.137 e. The van der Waals surface area contributed by atoms with Crippen LogP contribution in [0.3, 0.4) is 0 Å². The van der Waals surface area contributed by atoms with Gasteiger partial charge in [-0.3, -0.25) is 4.40 Å². The molecule has 1 N–H and O–H groups in total. The van der Waals surface area contributed by atoms with E-state index in [9.17, 15) is 0 Å². The van der Waals surface area contributed by atoms with E-state index in [1.165, 1.54) is 5.56 Å². The number of nitrogens with zero attached hydrogens (tertiary/aromatic N) is 3. The fourth-order valence-corrected chi connectivity index (χ4v) is 3.47. The van der Waals surface area contributed by atoms with Crippen LogP contribution in [0, 0.1) is 0 Å². The summed E-state index contributed by atoms with van der Waals surface area (Å²) in [5.41, 5.74) is 5.18. The molecule has 1 aromatic carbocycles. The first-order valence-electron chi connectivity index (χ1n) is 8.39. The number of fused-ring (bicyclic) bond motifs is 1. The van der Waals surface area contributed by atoms with Crippen LogP contribution in [0.15, 0.2) is 79.5 Å². The van der Waals surface area contributed by atoms with E-state index in [2.05, 4.69) is 65.2 Å². The first kappa shape index (κ1) is 15.5. The van der Waals surface area contributed by atoms with Gasteiger partial charge >= 0.3 is 0 Å². The number of imidazole rings is 1. The molecule has 1 fully saturated rings. The van der Waals surface area contributed by atoms with Crippen LogP contribution in [0.4, 0.5) is 0 Å². The Balaban J connectivity index is 1.81. The highest BCUT2D eigenvalue weighted by Crippen LogP contribution is 2.35. The highest BCUT2D eigenvalue weighted by Gasteiger charge is 2.34. The molecule has 3 heterocycles.